The van der Waals surface area contributed by atoms with Crippen LogP contribution in [0, 0.1) is 6.92 Å². The van der Waals surface area contributed by atoms with Crippen LogP contribution < -0.4 is 26.4 Å². The number of pyridine rings is 1. The number of nitrogens with one attached hydrogen (secondary N) is 1. The summed E-state index contributed by atoms with van der Waals surface area (Å²) in [4.78, 5) is 61.1. The number of imide groups is 1. The number of carbonyl (C=O) groups is 3. The molecule has 0 bridgehead atoms. The Kier molecular flexibility index (Phi) is 8.64. The van der Waals surface area contributed by atoms with Crippen molar-refractivity contribution in [3.63, 3.8) is 0 Å². The van der Waals surface area contributed by atoms with Crippen molar-refractivity contribution >= 4 is 57.5 Å². The lowest BCUT2D eigenvalue weighted by Gasteiger charge is -2.33. The number of amides is 3. The highest BCUT2D eigenvalue weighted by Gasteiger charge is 2.39. The van der Waals surface area contributed by atoms with E-state index in [0.717, 1.165) is 89.9 Å². The van der Waals surface area contributed by atoms with Gasteiger partial charge in [-0.25, -0.2) is 0 Å². The molecule has 0 saturated carbocycles. The van der Waals surface area contributed by atoms with Crippen LogP contribution in [0.1, 0.15) is 64.7 Å². The molecule has 52 heavy (non-hydrogen) atoms. The van der Waals surface area contributed by atoms with Crippen LogP contribution in [0.25, 0.3) is 16.5 Å². The minimum absolute atomic E-state index is 0.0288. The number of nitrogens with zero attached hydrogens (tertiary/aromatic N) is 5. The summed E-state index contributed by atoms with van der Waals surface area (Å²) in [6.07, 6.45) is 7.93. The number of hydrogen-bond acceptors (Lipinski definition) is 8. The van der Waals surface area contributed by atoms with Gasteiger partial charge in [-0.05, 0) is 104 Å². The SMILES string of the molecule is Cc1cc2c(N3CCCc4cc(/C(C=NC5CCN(c6ccc7c(c6)CN(C6CCC(=O)NC6=O)C7=O)CC5)=C/N)ccc43)cccc2n(C)c1=O. The van der Waals surface area contributed by atoms with Crippen molar-refractivity contribution < 1.29 is 14.4 Å². The van der Waals surface area contributed by atoms with Crippen LogP contribution in [0.5, 0.6) is 0 Å². The molecule has 0 aliphatic carbocycles. The van der Waals surface area contributed by atoms with Gasteiger partial charge in [0.25, 0.3) is 11.5 Å². The number of aryl methyl sites for hydroxylation is 3. The predicted octanol–water partition coefficient (Wildman–Crippen LogP) is 4.73. The van der Waals surface area contributed by atoms with Gasteiger partial charge in [0, 0.05) is 85.5 Å². The van der Waals surface area contributed by atoms with Crippen molar-refractivity contribution in [2.75, 3.05) is 29.4 Å². The number of piperidine rings is 2. The first-order valence-corrected chi connectivity index (χ1v) is 18.2. The summed E-state index contributed by atoms with van der Waals surface area (Å²) in [7, 11) is 1.84. The fraction of sp³-hybridized carbons (Fsp3) is 0.341. The molecule has 266 valence electrons. The predicted molar refractivity (Wildman–Crippen MR) is 204 cm³/mol. The van der Waals surface area contributed by atoms with Crippen molar-refractivity contribution in [1.82, 2.24) is 14.8 Å². The highest BCUT2D eigenvalue weighted by atomic mass is 16.2. The quantitative estimate of drug-likeness (QED) is 0.220. The van der Waals surface area contributed by atoms with Gasteiger partial charge in [0.05, 0.1) is 17.2 Å². The van der Waals surface area contributed by atoms with Crippen LogP contribution in [0.15, 0.2) is 76.7 Å². The lowest BCUT2D eigenvalue weighted by molar-refractivity contribution is -0.136. The van der Waals surface area contributed by atoms with Crippen LogP contribution in [0.2, 0.25) is 0 Å². The topological polar surface area (TPSA) is 133 Å². The van der Waals surface area contributed by atoms with E-state index >= 15 is 0 Å². The monoisotopic (exact) mass is 697 g/mol. The molecule has 1 unspecified atom stereocenters. The standard InChI is InChI=1S/C41H43N7O4/c1-25-19-33-35(45(2)40(25)51)6-3-7-36(33)47-16-4-5-27-20-26(8-11-34(27)47)29(22-42)23-43-30-14-17-46(18-15-30)31-9-10-32-28(21-31)24-48(41(32)52)37-12-13-38(49)44-39(37)50/h3,6-11,19-23,30,37H,4-5,12-18,24,42H2,1-2H3,(H,44,49,50)/b29-22+,43-23?. The number of allylic oxidation sites excluding steroid dienone is 1. The number of rotatable bonds is 6. The molecule has 3 amide bonds. The van der Waals surface area contributed by atoms with Gasteiger partial charge in [-0.15, -0.1) is 0 Å². The lowest BCUT2D eigenvalue weighted by atomic mass is 9.95. The maximum atomic E-state index is 13.1. The molecule has 2 fully saturated rings. The molecule has 3 N–H and O–H groups in total. The molecular weight excluding hydrogens is 654 g/mol. The minimum Gasteiger partial charge on any atom is -0.404 e. The normalized spacial score (nSPS) is 19.8. The smallest absolute Gasteiger partial charge is 0.255 e. The number of hydrogen-bond donors (Lipinski definition) is 2. The van der Waals surface area contributed by atoms with Crippen LogP contribution in [-0.4, -0.2) is 65.1 Å². The van der Waals surface area contributed by atoms with Gasteiger partial charge in [-0.3, -0.25) is 29.5 Å². The number of aliphatic imine (C=N–C) groups is 1. The molecule has 0 radical (unpaired) electrons. The van der Waals surface area contributed by atoms with Gasteiger partial charge in [0.15, 0.2) is 0 Å². The first kappa shape index (κ1) is 33.4. The number of carbonyl (C=O) groups excluding carboxylic acids is 3. The molecule has 4 aromatic rings. The van der Waals surface area contributed by atoms with Gasteiger partial charge >= 0.3 is 0 Å². The van der Waals surface area contributed by atoms with Crippen LogP contribution in [-0.2, 0) is 29.6 Å². The highest BCUT2D eigenvalue weighted by Crippen LogP contribution is 2.38. The first-order valence-electron chi connectivity index (χ1n) is 18.2. The molecule has 11 nitrogen and oxygen atoms in total. The summed E-state index contributed by atoms with van der Waals surface area (Å²) in [6.45, 7) is 4.82. The van der Waals surface area contributed by atoms with Crippen molar-refractivity contribution in [2.45, 2.75) is 64.1 Å². The summed E-state index contributed by atoms with van der Waals surface area (Å²) in [5.74, 6) is -0.835. The zero-order valence-corrected chi connectivity index (χ0v) is 29.6. The zero-order chi connectivity index (χ0) is 36.1. The van der Waals surface area contributed by atoms with Crippen molar-refractivity contribution in [3.8, 4) is 0 Å². The molecule has 2 saturated heterocycles. The van der Waals surface area contributed by atoms with E-state index in [4.69, 9.17) is 10.7 Å². The molecule has 4 aliphatic heterocycles. The second-order valence-corrected chi connectivity index (χ2v) is 14.4. The Bertz CT molecular complexity index is 2250. The Hall–Kier alpha value is -5.71. The van der Waals surface area contributed by atoms with Gasteiger partial charge in [-0.1, -0.05) is 12.1 Å². The maximum Gasteiger partial charge on any atom is 0.255 e. The van der Waals surface area contributed by atoms with Gasteiger partial charge < -0.3 is 25.0 Å². The molecule has 0 spiro atoms. The van der Waals surface area contributed by atoms with Crippen molar-refractivity contribution in [1.29, 1.82) is 0 Å². The molecule has 4 aliphatic rings. The maximum absolute atomic E-state index is 13.1. The molecule has 11 heteroatoms. The van der Waals surface area contributed by atoms with E-state index in [1.54, 1.807) is 15.7 Å². The third-order valence-corrected chi connectivity index (χ3v) is 11.2. The Balaban J connectivity index is 0.929. The van der Waals surface area contributed by atoms with Gasteiger partial charge in [0.1, 0.15) is 6.04 Å². The largest absolute Gasteiger partial charge is 0.404 e. The van der Waals surface area contributed by atoms with Crippen LogP contribution in [0.3, 0.4) is 0 Å². The second-order valence-electron chi connectivity index (χ2n) is 14.4. The number of nitrogens with two attached hydrogens (primary N) is 1. The molecule has 5 heterocycles. The van der Waals surface area contributed by atoms with E-state index < -0.39 is 11.9 Å². The molecule has 1 atom stereocenters. The number of fused-ring (bicyclic) bond motifs is 3. The minimum atomic E-state index is -0.615. The molecular formula is C41H43N7O4. The van der Waals surface area contributed by atoms with E-state index in [9.17, 15) is 19.2 Å². The van der Waals surface area contributed by atoms with E-state index in [0.29, 0.717) is 18.5 Å². The summed E-state index contributed by atoms with van der Waals surface area (Å²) in [6, 6.07) is 20.2. The third-order valence-electron chi connectivity index (χ3n) is 11.2. The average Bonchev–Trinajstić information content (AvgIpc) is 3.48. The Morgan fingerprint density at radius 3 is 2.52 bits per heavy atom. The average molecular weight is 698 g/mol. The number of aromatic nitrogens is 1. The number of anilines is 3. The van der Waals surface area contributed by atoms with Gasteiger partial charge in [0.2, 0.25) is 11.8 Å². The first-order chi connectivity index (χ1) is 25.2. The Morgan fingerprint density at radius 1 is 0.904 bits per heavy atom. The van der Waals surface area contributed by atoms with E-state index in [1.807, 2.05) is 50.5 Å². The van der Waals surface area contributed by atoms with E-state index in [1.165, 1.54) is 11.3 Å². The summed E-state index contributed by atoms with van der Waals surface area (Å²) in [5.41, 5.74) is 15.9. The fourth-order valence-corrected chi connectivity index (χ4v) is 8.33. The van der Waals surface area contributed by atoms with Gasteiger partial charge in [-0.2, -0.15) is 0 Å². The van der Waals surface area contributed by atoms with Crippen molar-refractivity contribution in [2.24, 2.45) is 17.8 Å². The fourth-order valence-electron chi connectivity index (χ4n) is 8.33. The molecule has 3 aromatic carbocycles. The second kappa shape index (κ2) is 13.4. The summed E-state index contributed by atoms with van der Waals surface area (Å²) in [5, 5.41) is 3.44. The number of benzene rings is 3. The zero-order valence-electron chi connectivity index (χ0n) is 29.6. The summed E-state index contributed by atoms with van der Waals surface area (Å²) >= 11 is 0. The Morgan fingerprint density at radius 2 is 1.73 bits per heavy atom. The van der Waals surface area contributed by atoms with E-state index in [-0.39, 0.29) is 29.8 Å². The molecule has 8 rings (SSSR count). The van der Waals surface area contributed by atoms with Crippen LogP contribution in [0.4, 0.5) is 17.1 Å². The van der Waals surface area contributed by atoms with Crippen LogP contribution >= 0.6 is 0 Å². The lowest BCUT2D eigenvalue weighted by Crippen LogP contribution is -2.52. The summed E-state index contributed by atoms with van der Waals surface area (Å²) < 4.78 is 1.74. The third kappa shape index (κ3) is 5.93. The van der Waals surface area contributed by atoms with E-state index in [2.05, 4.69) is 45.4 Å². The van der Waals surface area contributed by atoms with Crippen molar-refractivity contribution in [3.05, 3.63) is 105 Å². The highest BCUT2D eigenvalue weighted by molar-refractivity contribution is 6.10. The Labute approximate surface area is 302 Å². The molecule has 1 aromatic heterocycles.